The lowest BCUT2D eigenvalue weighted by Gasteiger charge is -2.20. The average Bonchev–Trinajstić information content (AvgIpc) is 2.74. The van der Waals surface area contributed by atoms with Crippen LogP contribution in [0.3, 0.4) is 0 Å². The molecule has 0 aliphatic rings. The molecule has 0 bridgehead atoms. The van der Waals surface area contributed by atoms with Gasteiger partial charge in [0.05, 0.1) is 25.3 Å². The molecule has 0 fully saturated rings. The maximum atomic E-state index is 12.2. The molecule has 0 saturated carbocycles. The van der Waals surface area contributed by atoms with Crippen LogP contribution >= 0.6 is 0 Å². The number of aromatic nitrogens is 5. The smallest absolute Gasteiger partial charge is 0.313 e. The minimum absolute atomic E-state index is 0.0936. The first-order valence-electron chi connectivity index (χ1n) is 5.71. The van der Waals surface area contributed by atoms with Crippen molar-refractivity contribution in [2.24, 2.45) is 12.5 Å². The van der Waals surface area contributed by atoms with Gasteiger partial charge in [0.25, 0.3) is 5.56 Å². The van der Waals surface area contributed by atoms with Gasteiger partial charge in [-0.15, -0.1) is 5.10 Å². The summed E-state index contributed by atoms with van der Waals surface area (Å²) in [5, 5.41) is 12.1. The van der Waals surface area contributed by atoms with Crippen LogP contribution < -0.4 is 5.56 Å². The molecule has 0 unspecified atom stereocenters. The van der Waals surface area contributed by atoms with Crippen LogP contribution in [0.4, 0.5) is 0 Å². The van der Waals surface area contributed by atoms with Gasteiger partial charge in [-0.1, -0.05) is 5.21 Å². The molecule has 0 aliphatic carbocycles. The van der Waals surface area contributed by atoms with Crippen LogP contribution in [0.15, 0.2) is 11.0 Å². The lowest BCUT2D eigenvalue weighted by molar-refractivity contribution is -0.151. The highest BCUT2D eigenvalue weighted by atomic mass is 16.5. The molecule has 2 heterocycles. The highest BCUT2D eigenvalue weighted by Crippen LogP contribution is 2.18. The first kappa shape index (κ1) is 13.2. The molecule has 2 aromatic heterocycles. The Balaban J connectivity index is 2.45. The molecular weight excluding hydrogens is 250 g/mol. The zero-order chi connectivity index (χ0) is 14.2. The van der Waals surface area contributed by atoms with Gasteiger partial charge in [0.1, 0.15) is 5.39 Å². The van der Waals surface area contributed by atoms with Gasteiger partial charge in [0.2, 0.25) is 0 Å². The van der Waals surface area contributed by atoms with Gasteiger partial charge in [0, 0.05) is 7.05 Å². The molecule has 0 aliphatic heterocycles. The number of hydrogen-bond donors (Lipinski definition) is 0. The van der Waals surface area contributed by atoms with Crippen LogP contribution in [0.1, 0.15) is 13.8 Å². The van der Waals surface area contributed by atoms with E-state index in [1.807, 2.05) is 0 Å². The molecule has 2 rings (SSSR count). The molecule has 8 heteroatoms. The first-order valence-corrected chi connectivity index (χ1v) is 5.71. The summed E-state index contributed by atoms with van der Waals surface area (Å²) in [7, 11) is 2.99. The molecule has 8 nitrogen and oxygen atoms in total. The normalized spacial score (nSPS) is 11.8. The van der Waals surface area contributed by atoms with Crippen LogP contribution in [0.25, 0.3) is 11.0 Å². The Bertz CT molecular complexity index is 685. The third-order valence-corrected chi connectivity index (χ3v) is 2.90. The van der Waals surface area contributed by atoms with Crippen LogP contribution in [-0.4, -0.2) is 37.9 Å². The quantitative estimate of drug-likeness (QED) is 0.709. The number of fused-ring (bicyclic) bond motifs is 1. The maximum absolute atomic E-state index is 12.2. The zero-order valence-electron chi connectivity index (χ0n) is 11.2. The Labute approximate surface area is 109 Å². The molecule has 0 N–H and O–H groups in total. The van der Waals surface area contributed by atoms with Crippen molar-refractivity contribution >= 4 is 17.0 Å². The van der Waals surface area contributed by atoms with E-state index in [-0.39, 0.29) is 12.1 Å². The van der Waals surface area contributed by atoms with Crippen molar-refractivity contribution in [1.29, 1.82) is 0 Å². The number of methoxy groups -OCH3 is 1. The minimum Gasteiger partial charge on any atom is -0.469 e. The maximum Gasteiger partial charge on any atom is 0.313 e. The van der Waals surface area contributed by atoms with Crippen molar-refractivity contribution in [3.8, 4) is 0 Å². The summed E-state index contributed by atoms with van der Waals surface area (Å²) in [6, 6.07) is 0. The second-order valence-electron chi connectivity index (χ2n) is 4.93. The topological polar surface area (TPSA) is 91.9 Å². The second kappa shape index (κ2) is 4.45. The second-order valence-corrected chi connectivity index (χ2v) is 4.93. The molecule has 102 valence electrons. The number of carbonyl (C=O) groups excluding carboxylic acids is 1. The van der Waals surface area contributed by atoms with Gasteiger partial charge in [-0.25, -0.2) is 9.36 Å². The van der Waals surface area contributed by atoms with E-state index in [4.69, 9.17) is 4.74 Å². The summed E-state index contributed by atoms with van der Waals surface area (Å²) in [6.07, 6.45) is 1.44. The third kappa shape index (κ3) is 2.20. The Hall–Kier alpha value is -2.25. The number of nitrogens with zero attached hydrogens (tertiary/aromatic N) is 5. The molecule has 2 aromatic rings. The largest absolute Gasteiger partial charge is 0.469 e. The van der Waals surface area contributed by atoms with Gasteiger partial charge in [-0.05, 0) is 13.8 Å². The zero-order valence-corrected chi connectivity index (χ0v) is 11.2. The van der Waals surface area contributed by atoms with Gasteiger partial charge in [-0.2, -0.15) is 5.10 Å². The molecule has 19 heavy (non-hydrogen) atoms. The van der Waals surface area contributed by atoms with Gasteiger partial charge >= 0.3 is 5.97 Å². The summed E-state index contributed by atoms with van der Waals surface area (Å²) >= 11 is 0. The van der Waals surface area contributed by atoms with E-state index >= 15 is 0 Å². The van der Waals surface area contributed by atoms with E-state index in [2.05, 4.69) is 15.4 Å². The fourth-order valence-electron chi connectivity index (χ4n) is 1.80. The van der Waals surface area contributed by atoms with E-state index in [1.54, 1.807) is 20.9 Å². The molecule has 0 spiro atoms. The van der Waals surface area contributed by atoms with E-state index in [1.165, 1.54) is 18.0 Å². The highest BCUT2D eigenvalue weighted by molar-refractivity contribution is 5.76. The Morgan fingerprint density at radius 3 is 2.79 bits per heavy atom. The lowest BCUT2D eigenvalue weighted by Crippen LogP contribution is -2.36. The van der Waals surface area contributed by atoms with Crippen LogP contribution in [0, 0.1) is 5.41 Å². The summed E-state index contributed by atoms with van der Waals surface area (Å²) < 4.78 is 7.33. The van der Waals surface area contributed by atoms with Crippen molar-refractivity contribution in [3.05, 3.63) is 16.6 Å². The van der Waals surface area contributed by atoms with Crippen LogP contribution in [-0.2, 0) is 23.1 Å². The number of esters is 1. The van der Waals surface area contributed by atoms with Crippen molar-refractivity contribution < 1.29 is 9.53 Å². The van der Waals surface area contributed by atoms with E-state index in [0.717, 1.165) is 4.68 Å². The monoisotopic (exact) mass is 265 g/mol. The number of ether oxygens (including phenoxy) is 1. The van der Waals surface area contributed by atoms with Crippen molar-refractivity contribution in [2.45, 2.75) is 20.4 Å². The molecule has 0 radical (unpaired) electrons. The Morgan fingerprint density at radius 2 is 2.16 bits per heavy atom. The predicted molar refractivity (Wildman–Crippen MR) is 66.4 cm³/mol. The summed E-state index contributed by atoms with van der Waals surface area (Å²) in [6.45, 7) is 3.46. The third-order valence-electron chi connectivity index (χ3n) is 2.90. The number of carbonyl (C=O) groups is 1. The Kier molecular flexibility index (Phi) is 3.09. The molecule has 0 atom stereocenters. The first-order chi connectivity index (χ1) is 8.86. The van der Waals surface area contributed by atoms with E-state index in [9.17, 15) is 9.59 Å². The van der Waals surface area contributed by atoms with Gasteiger partial charge in [0.15, 0.2) is 5.65 Å². The van der Waals surface area contributed by atoms with Crippen molar-refractivity contribution in [2.75, 3.05) is 7.11 Å². The number of rotatable bonds is 3. The summed E-state index contributed by atoms with van der Waals surface area (Å²) in [4.78, 5) is 23.8. The van der Waals surface area contributed by atoms with E-state index < -0.39 is 11.4 Å². The predicted octanol–water partition coefficient (Wildman–Crippen LogP) is -0.276. The lowest BCUT2D eigenvalue weighted by atomic mass is 9.94. The fraction of sp³-hybridized carbons (Fsp3) is 0.545. The number of aryl methyl sites for hydroxylation is 1. The average molecular weight is 265 g/mol. The molecule has 0 aromatic carbocycles. The molecule has 0 saturated heterocycles. The van der Waals surface area contributed by atoms with E-state index in [0.29, 0.717) is 11.0 Å². The van der Waals surface area contributed by atoms with Crippen LogP contribution in [0.5, 0.6) is 0 Å². The Morgan fingerprint density at radius 1 is 1.47 bits per heavy atom. The minimum atomic E-state index is -0.858. The standard InChI is InChI=1S/C11H15N5O3/c1-11(2,10(18)19-4)6-16-9(17)7-5-12-15(3)8(7)13-14-16/h5H,6H2,1-4H3. The number of hydrogen-bond acceptors (Lipinski definition) is 6. The SMILES string of the molecule is COC(=O)C(C)(C)Cn1nnc2c(cnn2C)c1=O. The fourth-order valence-corrected chi connectivity index (χ4v) is 1.80. The van der Waals surface area contributed by atoms with Gasteiger partial charge < -0.3 is 4.74 Å². The highest BCUT2D eigenvalue weighted by Gasteiger charge is 2.30. The molecule has 0 amide bonds. The van der Waals surface area contributed by atoms with Crippen molar-refractivity contribution in [1.82, 2.24) is 24.8 Å². The molecular formula is C11H15N5O3. The summed E-state index contributed by atoms with van der Waals surface area (Å²) in [5.74, 6) is -0.410. The summed E-state index contributed by atoms with van der Waals surface area (Å²) in [5.41, 5.74) is -0.768. The van der Waals surface area contributed by atoms with Gasteiger partial charge in [-0.3, -0.25) is 9.59 Å². The van der Waals surface area contributed by atoms with Crippen LogP contribution in [0.2, 0.25) is 0 Å². The van der Waals surface area contributed by atoms with Crippen molar-refractivity contribution in [3.63, 3.8) is 0 Å².